The molecule has 1 aliphatic carbocycles. The smallest absolute Gasteiger partial charge is 0.307 e. The quantitative estimate of drug-likeness (QED) is 0.688. The number of aliphatic hydroxyl groups excluding tert-OH is 1. The van der Waals surface area contributed by atoms with Crippen LogP contribution in [0.3, 0.4) is 0 Å². The van der Waals surface area contributed by atoms with Crippen LogP contribution in [0.15, 0.2) is 0 Å². The highest BCUT2D eigenvalue weighted by molar-refractivity contribution is 5.84. The molecule has 0 saturated heterocycles. The standard InChI is InChI=1S/C14H25NO4/c1-15(9-5-2-6-10-16)13(17)11-7-3-4-8-12(11)14(18)19/h11-12,16H,2-10H2,1H3,(H,18,19)/t11-,12+/m1/s1. The summed E-state index contributed by atoms with van der Waals surface area (Å²) in [7, 11) is 1.74. The Morgan fingerprint density at radius 1 is 1.11 bits per heavy atom. The molecule has 1 saturated carbocycles. The molecule has 0 spiro atoms. The van der Waals surface area contributed by atoms with Gasteiger partial charge in [0.05, 0.1) is 11.8 Å². The lowest BCUT2D eigenvalue weighted by Gasteiger charge is -2.31. The number of rotatable bonds is 7. The van der Waals surface area contributed by atoms with Crippen molar-refractivity contribution in [2.24, 2.45) is 11.8 Å². The van der Waals surface area contributed by atoms with E-state index < -0.39 is 11.9 Å². The number of amides is 1. The van der Waals surface area contributed by atoms with Crippen molar-refractivity contribution in [2.45, 2.75) is 44.9 Å². The topological polar surface area (TPSA) is 77.8 Å². The van der Waals surface area contributed by atoms with Crippen LogP contribution < -0.4 is 0 Å². The summed E-state index contributed by atoms with van der Waals surface area (Å²) in [6.07, 6.45) is 5.65. The minimum absolute atomic E-state index is 0.0314. The molecule has 1 aliphatic rings. The Labute approximate surface area is 114 Å². The van der Waals surface area contributed by atoms with Gasteiger partial charge >= 0.3 is 5.97 Å². The van der Waals surface area contributed by atoms with Crippen LogP contribution >= 0.6 is 0 Å². The van der Waals surface area contributed by atoms with E-state index in [9.17, 15) is 14.7 Å². The highest BCUT2D eigenvalue weighted by atomic mass is 16.4. The number of carbonyl (C=O) groups is 2. The molecule has 0 aromatic heterocycles. The molecule has 0 heterocycles. The summed E-state index contributed by atoms with van der Waals surface area (Å²) in [5.74, 6) is -1.74. The number of carboxylic acids is 1. The zero-order valence-electron chi connectivity index (χ0n) is 11.7. The zero-order valence-corrected chi connectivity index (χ0v) is 11.7. The van der Waals surface area contributed by atoms with Crippen molar-refractivity contribution in [1.29, 1.82) is 0 Å². The molecule has 0 aromatic rings. The van der Waals surface area contributed by atoms with Gasteiger partial charge in [-0.15, -0.1) is 0 Å². The van der Waals surface area contributed by atoms with E-state index in [0.29, 0.717) is 19.4 Å². The minimum atomic E-state index is -0.841. The fourth-order valence-corrected chi connectivity index (χ4v) is 2.75. The average Bonchev–Trinajstić information content (AvgIpc) is 2.42. The van der Waals surface area contributed by atoms with Gasteiger partial charge in [0, 0.05) is 20.2 Å². The summed E-state index contributed by atoms with van der Waals surface area (Å²) in [6, 6.07) is 0. The van der Waals surface area contributed by atoms with Crippen LogP contribution in [0.1, 0.15) is 44.9 Å². The second-order valence-electron chi connectivity index (χ2n) is 5.38. The molecule has 1 fully saturated rings. The van der Waals surface area contributed by atoms with Gasteiger partial charge in [-0.25, -0.2) is 0 Å². The molecule has 19 heavy (non-hydrogen) atoms. The van der Waals surface area contributed by atoms with E-state index in [1.165, 1.54) is 0 Å². The first-order chi connectivity index (χ1) is 9.07. The lowest BCUT2D eigenvalue weighted by atomic mass is 9.78. The van der Waals surface area contributed by atoms with Gasteiger partial charge in [0.25, 0.3) is 0 Å². The molecule has 0 unspecified atom stereocenters. The number of aliphatic carboxylic acids is 1. The summed E-state index contributed by atoms with van der Waals surface area (Å²) >= 11 is 0. The number of unbranched alkanes of at least 4 members (excludes halogenated alkanes) is 2. The van der Waals surface area contributed by atoms with Gasteiger partial charge in [0.1, 0.15) is 0 Å². The normalized spacial score (nSPS) is 23.1. The van der Waals surface area contributed by atoms with Gasteiger partial charge < -0.3 is 15.1 Å². The van der Waals surface area contributed by atoms with E-state index in [4.69, 9.17) is 5.11 Å². The Balaban J connectivity index is 2.46. The summed E-state index contributed by atoms with van der Waals surface area (Å²) in [5, 5.41) is 17.9. The Morgan fingerprint density at radius 3 is 2.32 bits per heavy atom. The first kappa shape index (κ1) is 16.0. The summed E-state index contributed by atoms with van der Waals surface area (Å²) in [4.78, 5) is 25.1. The van der Waals surface area contributed by atoms with Gasteiger partial charge in [-0.1, -0.05) is 12.8 Å². The number of carbonyl (C=O) groups excluding carboxylic acids is 1. The molecule has 2 N–H and O–H groups in total. The fraction of sp³-hybridized carbons (Fsp3) is 0.857. The number of hydrogen-bond donors (Lipinski definition) is 2. The molecule has 5 heteroatoms. The molecule has 1 amide bonds. The number of nitrogens with zero attached hydrogens (tertiary/aromatic N) is 1. The zero-order chi connectivity index (χ0) is 14.3. The van der Waals surface area contributed by atoms with E-state index in [2.05, 4.69) is 0 Å². The SMILES string of the molecule is CN(CCCCCO)C(=O)[C@@H]1CCCC[C@@H]1C(=O)O. The van der Waals surface area contributed by atoms with E-state index in [0.717, 1.165) is 32.1 Å². The Kier molecular flexibility index (Phi) is 6.84. The molecular formula is C14H25NO4. The lowest BCUT2D eigenvalue weighted by molar-refractivity contribution is -0.151. The molecule has 0 bridgehead atoms. The highest BCUT2D eigenvalue weighted by Crippen LogP contribution is 2.31. The predicted octanol–water partition coefficient (Wildman–Crippen LogP) is 1.50. The molecular weight excluding hydrogens is 246 g/mol. The largest absolute Gasteiger partial charge is 0.481 e. The lowest BCUT2D eigenvalue weighted by Crippen LogP contribution is -2.41. The second-order valence-corrected chi connectivity index (χ2v) is 5.38. The molecule has 0 aliphatic heterocycles. The van der Waals surface area contributed by atoms with Crippen molar-refractivity contribution in [2.75, 3.05) is 20.2 Å². The molecule has 2 atom stereocenters. The van der Waals surface area contributed by atoms with Crippen LogP contribution in [0.4, 0.5) is 0 Å². The summed E-state index contributed by atoms with van der Waals surface area (Å²) in [6.45, 7) is 0.822. The third-order valence-corrected chi connectivity index (χ3v) is 3.93. The van der Waals surface area contributed by atoms with Gasteiger partial charge in [0.15, 0.2) is 0 Å². The molecule has 110 valence electrons. The maximum Gasteiger partial charge on any atom is 0.307 e. The van der Waals surface area contributed by atoms with Crippen molar-refractivity contribution in [3.8, 4) is 0 Å². The number of hydrogen-bond acceptors (Lipinski definition) is 3. The maximum atomic E-state index is 12.3. The van der Waals surface area contributed by atoms with Crippen molar-refractivity contribution < 1.29 is 19.8 Å². The maximum absolute atomic E-state index is 12.3. The Bertz CT molecular complexity index is 306. The Hall–Kier alpha value is -1.10. The van der Waals surface area contributed by atoms with Crippen molar-refractivity contribution in [1.82, 2.24) is 4.90 Å². The molecule has 1 rings (SSSR count). The fourth-order valence-electron chi connectivity index (χ4n) is 2.75. The van der Waals surface area contributed by atoms with Crippen LogP contribution in [-0.4, -0.2) is 47.2 Å². The van der Waals surface area contributed by atoms with Crippen molar-refractivity contribution in [3.05, 3.63) is 0 Å². The molecule has 0 radical (unpaired) electrons. The third-order valence-electron chi connectivity index (χ3n) is 3.93. The van der Waals surface area contributed by atoms with E-state index >= 15 is 0 Å². The van der Waals surface area contributed by atoms with Gasteiger partial charge in [-0.3, -0.25) is 9.59 Å². The van der Waals surface area contributed by atoms with Crippen LogP contribution in [0.2, 0.25) is 0 Å². The van der Waals surface area contributed by atoms with Crippen LogP contribution in [-0.2, 0) is 9.59 Å². The van der Waals surface area contributed by atoms with Crippen LogP contribution in [0.25, 0.3) is 0 Å². The Morgan fingerprint density at radius 2 is 1.74 bits per heavy atom. The van der Waals surface area contributed by atoms with Crippen LogP contribution in [0, 0.1) is 11.8 Å². The minimum Gasteiger partial charge on any atom is -0.481 e. The van der Waals surface area contributed by atoms with Gasteiger partial charge in [-0.2, -0.15) is 0 Å². The second kappa shape index (κ2) is 8.15. The van der Waals surface area contributed by atoms with Crippen molar-refractivity contribution >= 4 is 11.9 Å². The third kappa shape index (κ3) is 4.82. The molecule has 5 nitrogen and oxygen atoms in total. The van der Waals surface area contributed by atoms with Crippen molar-refractivity contribution in [3.63, 3.8) is 0 Å². The molecule has 0 aromatic carbocycles. The number of aliphatic hydroxyl groups is 1. The van der Waals surface area contributed by atoms with Crippen LogP contribution in [0.5, 0.6) is 0 Å². The van der Waals surface area contributed by atoms with Gasteiger partial charge in [0.2, 0.25) is 5.91 Å². The first-order valence-corrected chi connectivity index (χ1v) is 7.16. The average molecular weight is 271 g/mol. The monoisotopic (exact) mass is 271 g/mol. The highest BCUT2D eigenvalue weighted by Gasteiger charge is 2.36. The van der Waals surface area contributed by atoms with E-state index in [1.54, 1.807) is 11.9 Å². The summed E-state index contributed by atoms with van der Waals surface area (Å²) < 4.78 is 0. The summed E-state index contributed by atoms with van der Waals surface area (Å²) in [5.41, 5.74) is 0. The van der Waals surface area contributed by atoms with E-state index in [-0.39, 0.29) is 18.4 Å². The number of carboxylic acid groups (broad SMARTS) is 1. The first-order valence-electron chi connectivity index (χ1n) is 7.16. The predicted molar refractivity (Wildman–Crippen MR) is 71.7 cm³/mol. The van der Waals surface area contributed by atoms with Gasteiger partial charge in [-0.05, 0) is 32.1 Å². The van der Waals surface area contributed by atoms with E-state index in [1.807, 2.05) is 0 Å².